The highest BCUT2D eigenvalue weighted by Crippen LogP contribution is 2.23. The predicted molar refractivity (Wildman–Crippen MR) is 86.7 cm³/mol. The summed E-state index contributed by atoms with van der Waals surface area (Å²) < 4.78 is 13.2. The Morgan fingerprint density at radius 3 is 2.00 bits per heavy atom. The second-order valence-electron chi connectivity index (χ2n) is 6.09. The molecule has 0 saturated carbocycles. The Morgan fingerprint density at radius 2 is 1.43 bits per heavy atom. The molecule has 2 aromatic rings. The Balaban J connectivity index is 2.24. The highest BCUT2D eigenvalue weighted by Gasteiger charge is 2.17. The van der Waals surface area contributed by atoms with E-state index in [0.29, 0.717) is 12.0 Å². The molecule has 21 heavy (non-hydrogen) atoms. The summed E-state index contributed by atoms with van der Waals surface area (Å²) in [5.41, 5.74) is 2.30. The average molecular weight is 285 g/mol. The molecule has 0 saturated heterocycles. The Kier molecular flexibility index (Phi) is 5.51. The maximum absolute atomic E-state index is 13.2. The maximum Gasteiger partial charge on any atom is 0.123 e. The van der Waals surface area contributed by atoms with Crippen molar-refractivity contribution >= 4 is 0 Å². The molecule has 1 nitrogen and oxygen atoms in total. The van der Waals surface area contributed by atoms with E-state index >= 15 is 0 Å². The lowest BCUT2D eigenvalue weighted by molar-refractivity contribution is 0.417. The van der Waals surface area contributed by atoms with Crippen LogP contribution < -0.4 is 5.32 Å². The summed E-state index contributed by atoms with van der Waals surface area (Å²) in [5, 5.41) is 3.68. The molecular weight excluding hydrogens is 261 g/mol. The summed E-state index contributed by atoms with van der Waals surface area (Å²) >= 11 is 0. The largest absolute Gasteiger partial charge is 0.304 e. The van der Waals surface area contributed by atoms with Crippen LogP contribution in [0.4, 0.5) is 4.39 Å². The van der Waals surface area contributed by atoms with Crippen molar-refractivity contribution in [3.05, 3.63) is 71.5 Å². The summed E-state index contributed by atoms with van der Waals surface area (Å²) in [5.74, 6) is 0.456. The number of benzene rings is 2. The van der Waals surface area contributed by atoms with Crippen LogP contribution in [0, 0.1) is 11.7 Å². The Hall–Kier alpha value is -1.67. The smallest absolute Gasteiger partial charge is 0.123 e. The molecule has 0 bridgehead atoms. The van der Waals surface area contributed by atoms with Gasteiger partial charge in [0.05, 0.1) is 6.04 Å². The molecule has 0 heterocycles. The lowest BCUT2D eigenvalue weighted by Crippen LogP contribution is -2.32. The predicted octanol–water partition coefficient (Wildman–Crippen LogP) is 4.94. The minimum Gasteiger partial charge on any atom is -0.304 e. The number of hydrogen-bond acceptors (Lipinski definition) is 1. The highest BCUT2D eigenvalue weighted by molar-refractivity contribution is 5.32. The monoisotopic (exact) mass is 285 g/mol. The molecule has 2 aromatic carbocycles. The van der Waals surface area contributed by atoms with Gasteiger partial charge in [-0.2, -0.15) is 0 Å². The van der Waals surface area contributed by atoms with Crippen LogP contribution in [-0.2, 0) is 0 Å². The molecule has 0 radical (unpaired) electrons. The summed E-state index contributed by atoms with van der Waals surface area (Å²) in [7, 11) is 0. The first kappa shape index (κ1) is 15.7. The van der Waals surface area contributed by atoms with Crippen molar-refractivity contribution in [2.75, 3.05) is 0 Å². The molecule has 0 spiro atoms. The Bertz CT molecular complexity index is 533. The second-order valence-corrected chi connectivity index (χ2v) is 6.09. The number of nitrogens with one attached hydrogen (secondary N) is 1. The van der Waals surface area contributed by atoms with E-state index in [4.69, 9.17) is 0 Å². The first-order chi connectivity index (χ1) is 10.1. The molecule has 0 aliphatic heterocycles. The molecule has 0 aliphatic rings. The van der Waals surface area contributed by atoms with Gasteiger partial charge in [-0.25, -0.2) is 4.39 Å². The Morgan fingerprint density at radius 1 is 0.857 bits per heavy atom. The molecule has 2 atom stereocenters. The summed E-state index contributed by atoms with van der Waals surface area (Å²) in [6.45, 7) is 6.67. The Labute approximate surface area is 127 Å². The van der Waals surface area contributed by atoms with Gasteiger partial charge in [0.1, 0.15) is 5.82 Å². The summed E-state index contributed by atoms with van der Waals surface area (Å²) in [4.78, 5) is 0. The zero-order chi connectivity index (χ0) is 15.2. The van der Waals surface area contributed by atoms with Crippen molar-refractivity contribution in [2.24, 2.45) is 5.92 Å². The highest BCUT2D eigenvalue weighted by atomic mass is 19.1. The van der Waals surface area contributed by atoms with E-state index < -0.39 is 0 Å². The third kappa shape index (κ3) is 4.68. The SMILES string of the molecule is CC(C)CC(C)NC(c1ccccc1)c1ccc(F)cc1. The molecule has 0 aliphatic carbocycles. The third-order valence-corrected chi connectivity index (χ3v) is 3.61. The van der Waals surface area contributed by atoms with Crippen molar-refractivity contribution in [1.82, 2.24) is 5.32 Å². The molecular formula is C19H24FN. The van der Waals surface area contributed by atoms with E-state index in [0.717, 1.165) is 12.0 Å². The van der Waals surface area contributed by atoms with E-state index in [9.17, 15) is 4.39 Å². The van der Waals surface area contributed by atoms with Gasteiger partial charge in [-0.3, -0.25) is 0 Å². The van der Waals surface area contributed by atoms with Crippen LogP contribution >= 0.6 is 0 Å². The van der Waals surface area contributed by atoms with Crippen molar-refractivity contribution in [1.29, 1.82) is 0 Å². The van der Waals surface area contributed by atoms with Gasteiger partial charge in [0.15, 0.2) is 0 Å². The summed E-state index contributed by atoms with van der Waals surface area (Å²) in [6.07, 6.45) is 1.12. The van der Waals surface area contributed by atoms with Crippen LogP contribution in [0.1, 0.15) is 44.4 Å². The lowest BCUT2D eigenvalue weighted by atomic mass is 9.96. The minimum atomic E-state index is -0.194. The molecule has 2 rings (SSSR count). The zero-order valence-electron chi connectivity index (χ0n) is 13.0. The topological polar surface area (TPSA) is 12.0 Å². The van der Waals surface area contributed by atoms with Gasteiger partial charge in [-0.1, -0.05) is 56.3 Å². The van der Waals surface area contributed by atoms with Crippen LogP contribution in [-0.4, -0.2) is 6.04 Å². The molecule has 2 heteroatoms. The number of halogens is 1. The molecule has 0 aromatic heterocycles. The zero-order valence-corrected chi connectivity index (χ0v) is 13.0. The lowest BCUT2D eigenvalue weighted by Gasteiger charge is -2.25. The third-order valence-electron chi connectivity index (χ3n) is 3.61. The fourth-order valence-corrected chi connectivity index (χ4v) is 2.75. The van der Waals surface area contributed by atoms with Crippen LogP contribution in [0.5, 0.6) is 0 Å². The summed E-state index contributed by atoms with van der Waals surface area (Å²) in [6, 6.07) is 17.6. The second kappa shape index (κ2) is 7.37. The van der Waals surface area contributed by atoms with Crippen LogP contribution in [0.15, 0.2) is 54.6 Å². The number of rotatable bonds is 6. The normalized spacial score (nSPS) is 14.1. The molecule has 2 unspecified atom stereocenters. The van der Waals surface area contributed by atoms with Gasteiger partial charge in [0.2, 0.25) is 0 Å². The van der Waals surface area contributed by atoms with E-state index in [2.05, 4.69) is 38.2 Å². The first-order valence-corrected chi connectivity index (χ1v) is 7.62. The average Bonchev–Trinajstić information content (AvgIpc) is 2.46. The van der Waals surface area contributed by atoms with Crippen molar-refractivity contribution < 1.29 is 4.39 Å². The van der Waals surface area contributed by atoms with Gasteiger partial charge in [-0.15, -0.1) is 0 Å². The number of hydrogen-bond donors (Lipinski definition) is 1. The van der Waals surface area contributed by atoms with E-state index in [1.165, 1.54) is 17.7 Å². The fraction of sp³-hybridized carbons (Fsp3) is 0.368. The molecule has 0 fully saturated rings. The molecule has 112 valence electrons. The van der Waals surface area contributed by atoms with Crippen molar-refractivity contribution in [3.63, 3.8) is 0 Å². The standard InChI is InChI=1S/C19H24FN/c1-14(2)13-15(3)21-19(16-7-5-4-6-8-16)17-9-11-18(20)12-10-17/h4-12,14-15,19,21H,13H2,1-3H3. The molecule has 1 N–H and O–H groups in total. The maximum atomic E-state index is 13.2. The van der Waals surface area contributed by atoms with E-state index in [1.54, 1.807) is 0 Å². The van der Waals surface area contributed by atoms with Gasteiger partial charge in [0.25, 0.3) is 0 Å². The van der Waals surface area contributed by atoms with Gasteiger partial charge in [0, 0.05) is 6.04 Å². The van der Waals surface area contributed by atoms with Gasteiger partial charge < -0.3 is 5.32 Å². The van der Waals surface area contributed by atoms with Crippen LogP contribution in [0.2, 0.25) is 0 Å². The van der Waals surface area contributed by atoms with Gasteiger partial charge >= 0.3 is 0 Å². The van der Waals surface area contributed by atoms with Crippen molar-refractivity contribution in [2.45, 2.75) is 39.3 Å². The quantitative estimate of drug-likeness (QED) is 0.792. The fourth-order valence-electron chi connectivity index (χ4n) is 2.75. The van der Waals surface area contributed by atoms with Crippen LogP contribution in [0.25, 0.3) is 0 Å². The van der Waals surface area contributed by atoms with E-state index in [1.807, 2.05) is 30.3 Å². The first-order valence-electron chi connectivity index (χ1n) is 7.62. The van der Waals surface area contributed by atoms with Crippen molar-refractivity contribution in [3.8, 4) is 0 Å². The minimum absolute atomic E-state index is 0.0977. The van der Waals surface area contributed by atoms with Crippen LogP contribution in [0.3, 0.4) is 0 Å². The van der Waals surface area contributed by atoms with E-state index in [-0.39, 0.29) is 11.9 Å². The molecule has 0 amide bonds. The van der Waals surface area contributed by atoms with Gasteiger partial charge in [-0.05, 0) is 42.5 Å².